The van der Waals surface area contributed by atoms with Crippen molar-refractivity contribution >= 4 is 0 Å². The molecule has 0 bridgehead atoms. The van der Waals surface area contributed by atoms with Crippen LogP contribution >= 0.6 is 0 Å². The second-order valence-electron chi connectivity index (χ2n) is 3.91. The Morgan fingerprint density at radius 2 is 2.28 bits per heavy atom. The number of methoxy groups -OCH3 is 1. The molecule has 0 amide bonds. The van der Waals surface area contributed by atoms with Crippen molar-refractivity contribution in [1.29, 1.82) is 0 Å². The molecular formula is C13H15FN2O2. The quantitative estimate of drug-likeness (QED) is 0.630. The molecule has 0 saturated heterocycles. The summed E-state index contributed by atoms with van der Waals surface area (Å²) in [4.78, 5) is 0. The highest BCUT2D eigenvalue weighted by molar-refractivity contribution is 5.32. The van der Waals surface area contributed by atoms with Crippen LogP contribution in [-0.4, -0.2) is 7.11 Å². The number of hydrogen-bond donors (Lipinski definition) is 2. The van der Waals surface area contributed by atoms with Gasteiger partial charge in [-0.05, 0) is 24.1 Å². The summed E-state index contributed by atoms with van der Waals surface area (Å²) in [7, 11) is 1.44. The van der Waals surface area contributed by atoms with E-state index < -0.39 is 0 Å². The molecule has 0 saturated carbocycles. The van der Waals surface area contributed by atoms with E-state index in [-0.39, 0.29) is 17.6 Å². The second kappa shape index (κ2) is 5.66. The Morgan fingerprint density at radius 1 is 1.44 bits per heavy atom. The maximum Gasteiger partial charge on any atom is 0.168 e. The van der Waals surface area contributed by atoms with E-state index in [9.17, 15) is 4.39 Å². The van der Waals surface area contributed by atoms with Crippen molar-refractivity contribution in [2.45, 2.75) is 12.5 Å². The number of halogens is 1. The van der Waals surface area contributed by atoms with Crippen LogP contribution in [0.25, 0.3) is 0 Å². The highest BCUT2D eigenvalue weighted by atomic mass is 19.1. The number of ether oxygens (including phenoxy) is 1. The normalized spacial score (nSPS) is 12.4. The van der Waals surface area contributed by atoms with E-state index in [1.54, 1.807) is 36.8 Å². The Balaban J connectivity index is 2.22. The van der Waals surface area contributed by atoms with Crippen molar-refractivity contribution in [3.8, 4) is 5.75 Å². The van der Waals surface area contributed by atoms with Gasteiger partial charge in [-0.2, -0.15) is 0 Å². The van der Waals surface area contributed by atoms with Crippen LogP contribution < -0.4 is 16.0 Å². The zero-order chi connectivity index (χ0) is 13.0. The third kappa shape index (κ3) is 2.52. The third-order valence-electron chi connectivity index (χ3n) is 2.83. The largest absolute Gasteiger partial charge is 0.494 e. The van der Waals surface area contributed by atoms with Gasteiger partial charge in [-0.25, -0.2) is 4.39 Å². The molecule has 96 valence electrons. The van der Waals surface area contributed by atoms with E-state index in [0.717, 1.165) is 5.56 Å². The van der Waals surface area contributed by atoms with Crippen molar-refractivity contribution < 1.29 is 13.5 Å². The second-order valence-corrected chi connectivity index (χ2v) is 3.91. The average Bonchev–Trinajstić information content (AvgIpc) is 2.91. The topological polar surface area (TPSA) is 60.4 Å². The van der Waals surface area contributed by atoms with Gasteiger partial charge in [0.1, 0.15) is 0 Å². The first-order valence-corrected chi connectivity index (χ1v) is 5.56. The van der Waals surface area contributed by atoms with Gasteiger partial charge in [0.05, 0.1) is 25.7 Å². The number of hydrazine groups is 1. The maximum atomic E-state index is 14.0. The van der Waals surface area contributed by atoms with Crippen LogP contribution in [0.15, 0.2) is 41.2 Å². The lowest BCUT2D eigenvalue weighted by atomic mass is 10.0. The average molecular weight is 250 g/mol. The zero-order valence-electron chi connectivity index (χ0n) is 10.0. The Bertz CT molecular complexity index is 500. The standard InChI is InChI=1S/C13H15FN2O2/c1-17-12-4-2-3-9(13(12)14)7-11(16-15)10-5-6-18-8-10/h2-6,8,11,16H,7,15H2,1H3. The molecule has 3 N–H and O–H groups in total. The van der Waals surface area contributed by atoms with Gasteiger partial charge >= 0.3 is 0 Å². The van der Waals surface area contributed by atoms with Crippen LogP contribution in [0.1, 0.15) is 17.2 Å². The van der Waals surface area contributed by atoms with Gasteiger partial charge in [-0.15, -0.1) is 0 Å². The molecule has 0 aliphatic carbocycles. The molecule has 2 aromatic rings. The van der Waals surface area contributed by atoms with E-state index in [1.807, 2.05) is 0 Å². The molecule has 2 rings (SSSR count). The summed E-state index contributed by atoms with van der Waals surface area (Å²) in [6.45, 7) is 0. The van der Waals surface area contributed by atoms with Crippen molar-refractivity contribution in [1.82, 2.24) is 5.43 Å². The van der Waals surface area contributed by atoms with Crippen LogP contribution in [0, 0.1) is 5.82 Å². The molecule has 0 spiro atoms. The van der Waals surface area contributed by atoms with Gasteiger partial charge < -0.3 is 9.15 Å². The number of benzene rings is 1. The predicted molar refractivity (Wildman–Crippen MR) is 65.4 cm³/mol. The van der Waals surface area contributed by atoms with Gasteiger partial charge in [0.2, 0.25) is 0 Å². The number of nitrogens with one attached hydrogen (secondary N) is 1. The van der Waals surface area contributed by atoms with E-state index in [0.29, 0.717) is 12.0 Å². The summed E-state index contributed by atoms with van der Waals surface area (Å²) in [5, 5.41) is 0. The predicted octanol–water partition coefficient (Wildman–Crippen LogP) is 2.17. The minimum atomic E-state index is -0.358. The lowest BCUT2D eigenvalue weighted by Crippen LogP contribution is -2.29. The van der Waals surface area contributed by atoms with Gasteiger partial charge in [-0.1, -0.05) is 12.1 Å². The van der Waals surface area contributed by atoms with Crippen molar-refractivity contribution in [2.24, 2.45) is 5.84 Å². The van der Waals surface area contributed by atoms with Crippen LogP contribution in [-0.2, 0) is 6.42 Å². The lowest BCUT2D eigenvalue weighted by Gasteiger charge is -2.15. The lowest BCUT2D eigenvalue weighted by molar-refractivity contribution is 0.382. The fourth-order valence-electron chi connectivity index (χ4n) is 1.84. The Morgan fingerprint density at radius 3 is 2.89 bits per heavy atom. The van der Waals surface area contributed by atoms with Crippen LogP contribution in [0.2, 0.25) is 0 Å². The molecule has 5 heteroatoms. The SMILES string of the molecule is COc1cccc(CC(NN)c2ccoc2)c1F. The minimum Gasteiger partial charge on any atom is -0.494 e. The van der Waals surface area contributed by atoms with E-state index in [4.69, 9.17) is 15.0 Å². The first-order chi connectivity index (χ1) is 8.76. The third-order valence-corrected chi connectivity index (χ3v) is 2.83. The Labute approximate surface area is 105 Å². The molecule has 0 fully saturated rings. The highest BCUT2D eigenvalue weighted by Crippen LogP contribution is 2.25. The van der Waals surface area contributed by atoms with Crippen LogP contribution in [0.3, 0.4) is 0 Å². The van der Waals surface area contributed by atoms with Gasteiger partial charge in [0, 0.05) is 5.56 Å². The van der Waals surface area contributed by atoms with Crippen LogP contribution in [0.4, 0.5) is 4.39 Å². The molecule has 1 aromatic heterocycles. The fraction of sp³-hybridized carbons (Fsp3) is 0.231. The minimum absolute atomic E-state index is 0.203. The Kier molecular flexibility index (Phi) is 3.96. The summed E-state index contributed by atoms with van der Waals surface area (Å²) in [5.74, 6) is 5.36. The van der Waals surface area contributed by atoms with Gasteiger partial charge in [0.25, 0.3) is 0 Å². The first-order valence-electron chi connectivity index (χ1n) is 5.56. The molecule has 1 unspecified atom stereocenters. The highest BCUT2D eigenvalue weighted by Gasteiger charge is 2.16. The summed E-state index contributed by atoms with van der Waals surface area (Å²) in [6, 6.07) is 6.64. The molecule has 1 atom stereocenters. The van der Waals surface area contributed by atoms with Crippen molar-refractivity contribution in [2.75, 3.05) is 7.11 Å². The summed E-state index contributed by atoms with van der Waals surface area (Å²) in [6.07, 6.45) is 3.56. The molecular weight excluding hydrogens is 235 g/mol. The molecule has 0 radical (unpaired) electrons. The smallest absolute Gasteiger partial charge is 0.168 e. The molecule has 0 aliphatic rings. The zero-order valence-corrected chi connectivity index (χ0v) is 10.0. The monoisotopic (exact) mass is 250 g/mol. The summed E-state index contributed by atoms with van der Waals surface area (Å²) >= 11 is 0. The van der Waals surface area contributed by atoms with Gasteiger partial charge in [-0.3, -0.25) is 11.3 Å². The van der Waals surface area contributed by atoms with Gasteiger partial charge in [0.15, 0.2) is 11.6 Å². The summed E-state index contributed by atoms with van der Waals surface area (Å²) in [5.41, 5.74) is 4.07. The number of rotatable bonds is 5. The van der Waals surface area contributed by atoms with E-state index >= 15 is 0 Å². The van der Waals surface area contributed by atoms with E-state index in [2.05, 4.69) is 5.43 Å². The van der Waals surface area contributed by atoms with E-state index in [1.165, 1.54) is 7.11 Å². The van der Waals surface area contributed by atoms with Crippen molar-refractivity contribution in [3.05, 3.63) is 53.7 Å². The molecule has 1 aromatic carbocycles. The maximum absolute atomic E-state index is 14.0. The molecule has 0 aliphatic heterocycles. The fourth-order valence-corrected chi connectivity index (χ4v) is 1.84. The number of nitrogens with two attached hydrogens (primary N) is 1. The summed E-state index contributed by atoms with van der Waals surface area (Å²) < 4.78 is 23.9. The number of hydrogen-bond acceptors (Lipinski definition) is 4. The first kappa shape index (κ1) is 12.6. The number of furan rings is 1. The molecule has 18 heavy (non-hydrogen) atoms. The van der Waals surface area contributed by atoms with Crippen molar-refractivity contribution in [3.63, 3.8) is 0 Å². The Hall–Kier alpha value is -1.85. The molecule has 4 nitrogen and oxygen atoms in total. The molecule has 1 heterocycles. The van der Waals surface area contributed by atoms with Crippen LogP contribution in [0.5, 0.6) is 5.75 Å².